The zero-order valence-electron chi connectivity index (χ0n) is 14.5. The van der Waals surface area contributed by atoms with Crippen molar-refractivity contribution in [3.05, 3.63) is 103 Å². The summed E-state index contributed by atoms with van der Waals surface area (Å²) in [7, 11) is 0. The standard InChI is InChI=1S/C22H21N3O/c1-2-6-22(20(4-1)14-24-15-21-5-3-13-26-21)19-9-7-18(8-10-19)16-25-12-11-23-17-25/h1-13,17,24H,14-16H2. The maximum Gasteiger partial charge on any atom is 0.117 e. The number of nitrogens with one attached hydrogen (secondary N) is 1. The summed E-state index contributed by atoms with van der Waals surface area (Å²) in [6.45, 7) is 2.37. The van der Waals surface area contributed by atoms with Crippen LogP contribution in [0.3, 0.4) is 0 Å². The van der Waals surface area contributed by atoms with Crippen molar-refractivity contribution in [3.8, 4) is 11.1 Å². The lowest BCUT2D eigenvalue weighted by molar-refractivity contribution is 0.483. The largest absolute Gasteiger partial charge is 0.468 e. The zero-order chi connectivity index (χ0) is 17.6. The molecule has 1 N–H and O–H groups in total. The van der Waals surface area contributed by atoms with E-state index < -0.39 is 0 Å². The van der Waals surface area contributed by atoms with Crippen LogP contribution in [0.5, 0.6) is 0 Å². The molecule has 2 heterocycles. The van der Waals surface area contributed by atoms with Crippen molar-refractivity contribution in [3.63, 3.8) is 0 Å². The van der Waals surface area contributed by atoms with Gasteiger partial charge in [0.25, 0.3) is 0 Å². The third-order valence-electron chi connectivity index (χ3n) is 4.40. The first-order valence-electron chi connectivity index (χ1n) is 8.74. The highest BCUT2D eigenvalue weighted by Gasteiger charge is 2.05. The number of rotatable bonds is 7. The molecule has 0 saturated heterocycles. The van der Waals surface area contributed by atoms with Gasteiger partial charge >= 0.3 is 0 Å². The Morgan fingerprint density at radius 3 is 2.58 bits per heavy atom. The van der Waals surface area contributed by atoms with Gasteiger partial charge in [0.15, 0.2) is 0 Å². The van der Waals surface area contributed by atoms with Gasteiger partial charge in [-0.1, -0.05) is 48.5 Å². The Morgan fingerprint density at radius 1 is 0.923 bits per heavy atom. The van der Waals surface area contributed by atoms with Crippen LogP contribution in [0.2, 0.25) is 0 Å². The maximum atomic E-state index is 5.37. The molecule has 0 spiro atoms. The maximum absolute atomic E-state index is 5.37. The van der Waals surface area contributed by atoms with Crippen LogP contribution < -0.4 is 5.32 Å². The summed E-state index contributed by atoms with van der Waals surface area (Å²) in [4.78, 5) is 4.09. The molecule has 4 aromatic rings. The van der Waals surface area contributed by atoms with Gasteiger partial charge in [-0.2, -0.15) is 0 Å². The Bertz CT molecular complexity index is 926. The Morgan fingerprint density at radius 2 is 1.81 bits per heavy atom. The second-order valence-electron chi connectivity index (χ2n) is 6.27. The van der Waals surface area contributed by atoms with Gasteiger partial charge in [0.1, 0.15) is 5.76 Å². The number of hydrogen-bond donors (Lipinski definition) is 1. The van der Waals surface area contributed by atoms with Crippen molar-refractivity contribution in [1.82, 2.24) is 14.9 Å². The van der Waals surface area contributed by atoms with Gasteiger partial charge in [-0.25, -0.2) is 4.98 Å². The molecule has 4 nitrogen and oxygen atoms in total. The first-order valence-corrected chi connectivity index (χ1v) is 8.74. The average molecular weight is 343 g/mol. The first-order chi connectivity index (χ1) is 12.9. The number of benzene rings is 2. The van der Waals surface area contributed by atoms with Crippen LogP contribution in [0.4, 0.5) is 0 Å². The van der Waals surface area contributed by atoms with Crippen molar-refractivity contribution in [2.45, 2.75) is 19.6 Å². The molecular weight excluding hydrogens is 322 g/mol. The van der Waals surface area contributed by atoms with Gasteiger partial charge in [0.2, 0.25) is 0 Å². The number of imidazole rings is 1. The van der Waals surface area contributed by atoms with Crippen molar-refractivity contribution in [1.29, 1.82) is 0 Å². The predicted octanol–water partition coefficient (Wildman–Crippen LogP) is 4.48. The molecule has 26 heavy (non-hydrogen) atoms. The molecule has 0 aliphatic heterocycles. The van der Waals surface area contributed by atoms with E-state index in [2.05, 4.69) is 63.4 Å². The third-order valence-corrected chi connectivity index (χ3v) is 4.40. The number of aromatic nitrogens is 2. The molecule has 0 amide bonds. The Balaban J connectivity index is 1.46. The summed E-state index contributed by atoms with van der Waals surface area (Å²) in [5.41, 5.74) is 5.03. The second kappa shape index (κ2) is 7.85. The van der Waals surface area contributed by atoms with E-state index in [1.165, 1.54) is 22.3 Å². The molecule has 130 valence electrons. The van der Waals surface area contributed by atoms with E-state index in [1.807, 2.05) is 24.7 Å². The number of furan rings is 1. The lowest BCUT2D eigenvalue weighted by atomic mass is 9.98. The molecule has 0 fully saturated rings. The Hall–Kier alpha value is -3.11. The summed E-state index contributed by atoms with van der Waals surface area (Å²) in [5.74, 6) is 0.950. The van der Waals surface area contributed by atoms with E-state index >= 15 is 0 Å². The lowest BCUT2D eigenvalue weighted by Crippen LogP contribution is -2.12. The van der Waals surface area contributed by atoms with E-state index in [4.69, 9.17) is 4.42 Å². The molecule has 0 bridgehead atoms. The molecule has 0 saturated carbocycles. The summed E-state index contributed by atoms with van der Waals surface area (Å²) < 4.78 is 7.44. The Kier molecular flexibility index (Phi) is 4.94. The van der Waals surface area contributed by atoms with E-state index in [0.717, 1.165) is 25.4 Å². The highest BCUT2D eigenvalue weighted by Crippen LogP contribution is 2.24. The minimum atomic E-state index is 0.727. The van der Waals surface area contributed by atoms with Crippen LogP contribution in [-0.4, -0.2) is 9.55 Å². The lowest BCUT2D eigenvalue weighted by Gasteiger charge is -2.11. The van der Waals surface area contributed by atoms with E-state index in [1.54, 1.807) is 12.5 Å². The van der Waals surface area contributed by atoms with Gasteiger partial charge in [-0.3, -0.25) is 0 Å². The zero-order valence-corrected chi connectivity index (χ0v) is 14.5. The summed E-state index contributed by atoms with van der Waals surface area (Å²) in [6, 6.07) is 21.2. The molecule has 0 aliphatic carbocycles. The molecule has 2 aromatic heterocycles. The van der Waals surface area contributed by atoms with Crippen molar-refractivity contribution >= 4 is 0 Å². The normalized spacial score (nSPS) is 10.9. The average Bonchev–Trinajstić information content (AvgIpc) is 3.37. The SMILES string of the molecule is c1coc(CNCc2ccccc2-c2ccc(Cn3ccnc3)cc2)c1. The molecule has 4 rings (SSSR count). The minimum absolute atomic E-state index is 0.727. The van der Waals surface area contributed by atoms with E-state index in [-0.39, 0.29) is 0 Å². The topological polar surface area (TPSA) is 43.0 Å². The molecule has 0 aliphatic rings. The fraction of sp³-hybridized carbons (Fsp3) is 0.136. The molecule has 0 radical (unpaired) electrons. The van der Waals surface area contributed by atoms with E-state index in [9.17, 15) is 0 Å². The van der Waals surface area contributed by atoms with Gasteiger partial charge in [-0.05, 0) is 34.4 Å². The Labute approximate surface area is 153 Å². The van der Waals surface area contributed by atoms with Crippen LogP contribution >= 0.6 is 0 Å². The van der Waals surface area contributed by atoms with Gasteiger partial charge in [0, 0.05) is 25.5 Å². The third kappa shape index (κ3) is 3.92. The fourth-order valence-electron chi connectivity index (χ4n) is 3.07. The molecule has 2 aromatic carbocycles. The second-order valence-corrected chi connectivity index (χ2v) is 6.27. The number of hydrogen-bond acceptors (Lipinski definition) is 3. The predicted molar refractivity (Wildman–Crippen MR) is 102 cm³/mol. The van der Waals surface area contributed by atoms with Crippen molar-refractivity contribution < 1.29 is 4.42 Å². The smallest absolute Gasteiger partial charge is 0.117 e. The quantitative estimate of drug-likeness (QED) is 0.538. The van der Waals surface area contributed by atoms with Crippen molar-refractivity contribution in [2.24, 2.45) is 0 Å². The van der Waals surface area contributed by atoms with E-state index in [0.29, 0.717) is 0 Å². The first kappa shape index (κ1) is 16.4. The van der Waals surface area contributed by atoms with Gasteiger partial charge in [0.05, 0.1) is 19.1 Å². The van der Waals surface area contributed by atoms with Crippen molar-refractivity contribution in [2.75, 3.05) is 0 Å². The summed E-state index contributed by atoms with van der Waals surface area (Å²) in [5, 5.41) is 3.45. The summed E-state index contributed by atoms with van der Waals surface area (Å²) in [6.07, 6.45) is 7.33. The fourth-order valence-corrected chi connectivity index (χ4v) is 3.07. The molecule has 0 atom stereocenters. The van der Waals surface area contributed by atoms with Gasteiger partial charge < -0.3 is 14.3 Å². The molecular formula is C22H21N3O. The monoisotopic (exact) mass is 343 g/mol. The van der Waals surface area contributed by atoms with Crippen LogP contribution in [0.1, 0.15) is 16.9 Å². The van der Waals surface area contributed by atoms with Crippen LogP contribution in [0, 0.1) is 0 Å². The molecule has 4 heteroatoms. The highest BCUT2D eigenvalue weighted by molar-refractivity contribution is 5.67. The van der Waals surface area contributed by atoms with Crippen LogP contribution in [0.25, 0.3) is 11.1 Å². The highest BCUT2D eigenvalue weighted by atomic mass is 16.3. The van der Waals surface area contributed by atoms with Crippen LogP contribution in [0.15, 0.2) is 90.1 Å². The molecule has 0 unspecified atom stereocenters. The van der Waals surface area contributed by atoms with Crippen LogP contribution in [-0.2, 0) is 19.6 Å². The minimum Gasteiger partial charge on any atom is -0.468 e. The number of nitrogens with zero attached hydrogens (tertiary/aromatic N) is 2. The van der Waals surface area contributed by atoms with Gasteiger partial charge in [-0.15, -0.1) is 0 Å². The summed E-state index contributed by atoms with van der Waals surface area (Å²) >= 11 is 0.